The molecule has 0 amide bonds. The topological polar surface area (TPSA) is 0 Å². The Hall–Kier alpha value is 0.220. The van der Waals surface area contributed by atoms with Crippen molar-refractivity contribution in [1.29, 1.82) is 0 Å². The molecule has 0 saturated carbocycles. The first-order valence-corrected chi connectivity index (χ1v) is 4.20. The van der Waals surface area contributed by atoms with Crippen LogP contribution in [0.25, 0.3) is 0 Å². The third-order valence-electron chi connectivity index (χ3n) is 0. The van der Waals surface area contributed by atoms with Gasteiger partial charge in [0.1, 0.15) is 0 Å². The molecule has 0 aromatic rings. The molecule has 0 aliphatic rings. The van der Waals surface area contributed by atoms with Gasteiger partial charge in [-0.25, -0.2) is 0 Å². The molecule has 0 rings (SSSR count). The van der Waals surface area contributed by atoms with Crippen molar-refractivity contribution in [3.8, 4) is 0 Å². The van der Waals surface area contributed by atoms with Crippen LogP contribution in [-0.4, -0.2) is 13.3 Å². The van der Waals surface area contributed by atoms with E-state index in [0.29, 0.717) is 13.3 Å². The predicted molar refractivity (Wildman–Crippen MR) is 22.1 cm³/mol. The molecule has 4 heteroatoms. The molecule has 0 aromatic heterocycles. The van der Waals surface area contributed by atoms with Crippen molar-refractivity contribution in [1.82, 2.24) is 0 Å². The summed E-state index contributed by atoms with van der Waals surface area (Å²) in [6, 6.07) is 0. The monoisotopic (exact) mass is 118 g/mol. The summed E-state index contributed by atoms with van der Waals surface area (Å²) in [6.07, 6.45) is 0. The Balaban J connectivity index is 3.73. The molecular formula is C2H6F3P. The Bertz CT molecular complexity index is 42.0. The van der Waals surface area contributed by atoms with Crippen LogP contribution < -0.4 is 0 Å². The van der Waals surface area contributed by atoms with Crippen molar-refractivity contribution in [2.45, 2.75) is 0 Å². The molecule has 0 aromatic carbocycles. The van der Waals surface area contributed by atoms with Crippen molar-refractivity contribution in [2.24, 2.45) is 0 Å². The molecule has 0 radical (unpaired) electrons. The molecule has 0 N–H and O–H groups in total. The Morgan fingerprint density at radius 2 is 1.00 bits per heavy atom. The second-order valence-corrected chi connectivity index (χ2v) is 4.96. The summed E-state index contributed by atoms with van der Waals surface area (Å²) in [6.45, 7) is 0.678. The van der Waals surface area contributed by atoms with Crippen LogP contribution >= 0.6 is 7.54 Å². The van der Waals surface area contributed by atoms with Gasteiger partial charge in [0.05, 0.1) is 0 Å². The van der Waals surface area contributed by atoms with Crippen molar-refractivity contribution >= 4 is 7.54 Å². The molecule has 0 heterocycles. The van der Waals surface area contributed by atoms with Gasteiger partial charge in [0.15, 0.2) is 0 Å². The van der Waals surface area contributed by atoms with Crippen molar-refractivity contribution in [3.05, 3.63) is 0 Å². The molecule has 0 fully saturated rings. The molecular weight excluding hydrogens is 112 g/mol. The Morgan fingerprint density at radius 1 is 1.00 bits per heavy atom. The molecule has 6 heavy (non-hydrogen) atoms. The van der Waals surface area contributed by atoms with E-state index in [1.165, 1.54) is 0 Å². The number of hydrogen-bond donors (Lipinski definition) is 0. The van der Waals surface area contributed by atoms with Crippen LogP contribution in [0.1, 0.15) is 0 Å². The van der Waals surface area contributed by atoms with Crippen LogP contribution in [0.5, 0.6) is 0 Å². The van der Waals surface area contributed by atoms with Crippen LogP contribution in [0.2, 0.25) is 0 Å². The van der Waals surface area contributed by atoms with Crippen LogP contribution in [0.15, 0.2) is 0 Å². The van der Waals surface area contributed by atoms with Gasteiger partial charge < -0.3 is 0 Å². The summed E-state index contributed by atoms with van der Waals surface area (Å²) in [4.78, 5) is 0. The van der Waals surface area contributed by atoms with Gasteiger partial charge in [-0.05, 0) is 0 Å². The van der Waals surface area contributed by atoms with Crippen molar-refractivity contribution < 1.29 is 12.6 Å². The van der Waals surface area contributed by atoms with Gasteiger partial charge >= 0.3 is 33.5 Å². The van der Waals surface area contributed by atoms with Crippen molar-refractivity contribution in [3.63, 3.8) is 0 Å². The second-order valence-electron chi connectivity index (χ2n) is 1.65. The normalized spacial score (nSPS) is 19.2. The average molecular weight is 118 g/mol. The number of hydrogen-bond acceptors (Lipinski definition) is 0. The summed E-state index contributed by atoms with van der Waals surface area (Å²) in [5.41, 5.74) is 0. The molecule has 0 spiro atoms. The van der Waals surface area contributed by atoms with E-state index in [1.54, 1.807) is 0 Å². The number of halogens is 3. The minimum atomic E-state index is -5.55. The quantitative estimate of drug-likeness (QED) is 0.428. The zero-order valence-electron chi connectivity index (χ0n) is 3.58. The van der Waals surface area contributed by atoms with Gasteiger partial charge in [-0.15, -0.1) is 0 Å². The van der Waals surface area contributed by atoms with E-state index in [-0.39, 0.29) is 0 Å². The standard InChI is InChI=1S/C2H6F3P/c1-6(2,3,4)5/h1-2H3. The average Bonchev–Trinajstić information content (AvgIpc) is 0.650. The van der Waals surface area contributed by atoms with E-state index >= 15 is 0 Å². The second kappa shape index (κ2) is 0.890. The van der Waals surface area contributed by atoms with Gasteiger partial charge in [-0.2, -0.15) is 0 Å². The third kappa shape index (κ3) is 904. The van der Waals surface area contributed by atoms with Crippen LogP contribution in [0.3, 0.4) is 0 Å². The molecule has 0 atom stereocenters. The molecule has 0 bridgehead atoms. The molecule has 0 saturated heterocycles. The molecule has 0 aliphatic carbocycles. The van der Waals surface area contributed by atoms with E-state index in [4.69, 9.17) is 0 Å². The van der Waals surface area contributed by atoms with Crippen LogP contribution in [0, 0.1) is 0 Å². The van der Waals surface area contributed by atoms with E-state index in [2.05, 4.69) is 0 Å². The maximum absolute atomic E-state index is 11.2. The van der Waals surface area contributed by atoms with E-state index in [1.807, 2.05) is 0 Å². The van der Waals surface area contributed by atoms with Crippen molar-refractivity contribution in [2.75, 3.05) is 13.3 Å². The minimum absolute atomic E-state index is 0.339. The zero-order valence-corrected chi connectivity index (χ0v) is 4.48. The number of rotatable bonds is 0. The summed E-state index contributed by atoms with van der Waals surface area (Å²) >= 11 is 0. The summed E-state index contributed by atoms with van der Waals surface area (Å²) in [5, 5.41) is 0. The van der Waals surface area contributed by atoms with E-state index in [9.17, 15) is 12.6 Å². The van der Waals surface area contributed by atoms with Gasteiger partial charge in [-0.3, -0.25) is 0 Å². The molecule has 0 aliphatic heterocycles. The van der Waals surface area contributed by atoms with Crippen LogP contribution in [-0.2, 0) is 0 Å². The van der Waals surface area contributed by atoms with Gasteiger partial charge in [0, 0.05) is 0 Å². The molecule has 40 valence electrons. The summed E-state index contributed by atoms with van der Waals surface area (Å²) in [5.74, 6) is 0. The first kappa shape index (κ1) is 6.22. The zero-order chi connectivity index (χ0) is 5.45. The fourth-order valence-electron chi connectivity index (χ4n) is 0. The van der Waals surface area contributed by atoms with Crippen LogP contribution in [0.4, 0.5) is 12.6 Å². The first-order chi connectivity index (χ1) is 2.24. The maximum atomic E-state index is 11.2. The fraction of sp³-hybridized carbons (Fsp3) is 1.00. The Kier molecular flexibility index (Phi) is 0.923. The predicted octanol–water partition coefficient (Wildman–Crippen LogP) is 2.45. The van der Waals surface area contributed by atoms with E-state index in [0.717, 1.165) is 0 Å². The Morgan fingerprint density at radius 3 is 1.00 bits per heavy atom. The summed E-state index contributed by atoms with van der Waals surface area (Å²) < 4.78 is 33.5. The first-order valence-electron chi connectivity index (χ1n) is 1.40. The molecule has 0 nitrogen and oxygen atoms in total. The third-order valence-corrected chi connectivity index (χ3v) is 0. The summed E-state index contributed by atoms with van der Waals surface area (Å²) in [7, 11) is -5.55. The van der Waals surface area contributed by atoms with Gasteiger partial charge in [-0.1, -0.05) is 0 Å². The SMILES string of the molecule is CP(C)(F)(F)F. The van der Waals surface area contributed by atoms with E-state index < -0.39 is 7.54 Å². The fourth-order valence-corrected chi connectivity index (χ4v) is 0. The van der Waals surface area contributed by atoms with Gasteiger partial charge in [0.2, 0.25) is 0 Å². The van der Waals surface area contributed by atoms with Gasteiger partial charge in [0.25, 0.3) is 0 Å². The molecule has 0 unspecified atom stereocenters. The Labute approximate surface area is 34.6 Å².